The predicted octanol–water partition coefficient (Wildman–Crippen LogP) is 2.90. The molecule has 0 saturated heterocycles. The molecule has 0 amide bonds. The van der Waals surface area contributed by atoms with Crippen LogP contribution in [0.4, 0.5) is 5.69 Å². The van der Waals surface area contributed by atoms with Gasteiger partial charge in [-0.2, -0.15) is 0 Å². The maximum atomic E-state index is 3.36. The molecular formula is C14H24N2. The summed E-state index contributed by atoms with van der Waals surface area (Å²) in [5.74, 6) is 0. The van der Waals surface area contributed by atoms with Gasteiger partial charge in [-0.1, -0.05) is 25.1 Å². The molecule has 1 rings (SSSR count). The minimum Gasteiger partial charge on any atom is -0.372 e. The zero-order valence-corrected chi connectivity index (χ0v) is 10.6. The minimum absolute atomic E-state index is 1.08. The van der Waals surface area contributed by atoms with E-state index in [2.05, 4.69) is 54.4 Å². The lowest BCUT2D eigenvalue weighted by atomic mass is 10.2. The van der Waals surface area contributed by atoms with E-state index in [1.807, 2.05) is 0 Å². The average Bonchev–Trinajstić information content (AvgIpc) is 2.35. The van der Waals surface area contributed by atoms with Gasteiger partial charge >= 0.3 is 0 Å². The third-order valence-electron chi connectivity index (χ3n) is 2.78. The molecule has 0 bridgehead atoms. The summed E-state index contributed by atoms with van der Waals surface area (Å²) in [6, 6.07) is 10.7. The highest BCUT2D eigenvalue weighted by Gasteiger charge is 2.01. The Balaban J connectivity index is 2.27. The van der Waals surface area contributed by atoms with Crippen LogP contribution in [0.1, 0.15) is 26.7 Å². The summed E-state index contributed by atoms with van der Waals surface area (Å²) in [5, 5.41) is 3.36. The molecule has 0 saturated carbocycles. The molecule has 0 aliphatic carbocycles. The van der Waals surface area contributed by atoms with E-state index in [9.17, 15) is 0 Å². The Morgan fingerprint density at radius 3 is 2.44 bits per heavy atom. The van der Waals surface area contributed by atoms with E-state index in [1.165, 1.54) is 18.5 Å². The molecule has 16 heavy (non-hydrogen) atoms. The number of unbranched alkanes of at least 4 members (excludes halogenated alkanes) is 1. The number of hydrogen-bond donors (Lipinski definition) is 1. The van der Waals surface area contributed by atoms with Crippen LogP contribution in [0, 0.1) is 0 Å². The summed E-state index contributed by atoms with van der Waals surface area (Å²) in [6.07, 6.45) is 2.52. The van der Waals surface area contributed by atoms with E-state index >= 15 is 0 Å². The van der Waals surface area contributed by atoms with Crippen LogP contribution < -0.4 is 10.2 Å². The first-order valence-electron chi connectivity index (χ1n) is 6.39. The molecule has 0 aliphatic rings. The van der Waals surface area contributed by atoms with Gasteiger partial charge in [0.25, 0.3) is 0 Å². The number of nitrogens with one attached hydrogen (secondary N) is 1. The number of rotatable bonds is 8. The Morgan fingerprint density at radius 2 is 1.81 bits per heavy atom. The molecule has 2 nitrogen and oxygen atoms in total. The van der Waals surface area contributed by atoms with Crippen molar-refractivity contribution in [1.82, 2.24) is 5.32 Å². The van der Waals surface area contributed by atoms with Gasteiger partial charge in [-0.3, -0.25) is 0 Å². The van der Waals surface area contributed by atoms with Crippen molar-refractivity contribution >= 4 is 5.69 Å². The highest BCUT2D eigenvalue weighted by molar-refractivity contribution is 5.45. The molecule has 0 radical (unpaired) electrons. The number of para-hydroxylation sites is 1. The fourth-order valence-corrected chi connectivity index (χ4v) is 1.84. The molecule has 0 aromatic heterocycles. The van der Waals surface area contributed by atoms with E-state index in [4.69, 9.17) is 0 Å². The van der Waals surface area contributed by atoms with Crippen LogP contribution in [0.25, 0.3) is 0 Å². The standard InChI is InChI=1S/C14H24N2/c1-3-15-12-8-9-13-16(4-2)14-10-6-5-7-11-14/h5-7,10-11,15H,3-4,8-9,12-13H2,1-2H3. The van der Waals surface area contributed by atoms with Gasteiger partial charge in [-0.25, -0.2) is 0 Å². The van der Waals surface area contributed by atoms with Gasteiger partial charge in [0.2, 0.25) is 0 Å². The normalized spacial score (nSPS) is 10.4. The molecule has 0 unspecified atom stereocenters. The van der Waals surface area contributed by atoms with Gasteiger partial charge in [-0.05, 0) is 45.0 Å². The van der Waals surface area contributed by atoms with Crippen LogP contribution in [-0.4, -0.2) is 26.2 Å². The molecule has 1 aromatic rings. The van der Waals surface area contributed by atoms with Gasteiger partial charge < -0.3 is 10.2 Å². The summed E-state index contributed by atoms with van der Waals surface area (Å²) < 4.78 is 0. The van der Waals surface area contributed by atoms with Gasteiger partial charge in [0.05, 0.1) is 0 Å². The van der Waals surface area contributed by atoms with Crippen LogP contribution >= 0.6 is 0 Å². The van der Waals surface area contributed by atoms with Gasteiger partial charge in [0, 0.05) is 18.8 Å². The Kier molecular flexibility index (Phi) is 6.66. The second-order valence-electron chi connectivity index (χ2n) is 3.98. The largest absolute Gasteiger partial charge is 0.372 e. The molecular weight excluding hydrogens is 196 g/mol. The average molecular weight is 220 g/mol. The van der Waals surface area contributed by atoms with Crippen molar-refractivity contribution in [2.45, 2.75) is 26.7 Å². The maximum absolute atomic E-state index is 3.36. The van der Waals surface area contributed by atoms with Crippen LogP contribution in [0.5, 0.6) is 0 Å². The van der Waals surface area contributed by atoms with E-state index < -0.39 is 0 Å². The number of benzene rings is 1. The third-order valence-corrected chi connectivity index (χ3v) is 2.78. The predicted molar refractivity (Wildman–Crippen MR) is 72.1 cm³/mol. The van der Waals surface area contributed by atoms with Crippen LogP contribution in [0.2, 0.25) is 0 Å². The van der Waals surface area contributed by atoms with Gasteiger partial charge in [0.1, 0.15) is 0 Å². The smallest absolute Gasteiger partial charge is 0.0366 e. The zero-order chi connectivity index (χ0) is 11.6. The summed E-state index contributed by atoms with van der Waals surface area (Å²) >= 11 is 0. The topological polar surface area (TPSA) is 15.3 Å². The van der Waals surface area contributed by atoms with Crippen molar-refractivity contribution in [2.24, 2.45) is 0 Å². The highest BCUT2D eigenvalue weighted by atomic mass is 15.1. The second-order valence-corrected chi connectivity index (χ2v) is 3.98. The lowest BCUT2D eigenvalue weighted by Crippen LogP contribution is -2.24. The van der Waals surface area contributed by atoms with Crippen molar-refractivity contribution in [3.63, 3.8) is 0 Å². The summed E-state index contributed by atoms with van der Waals surface area (Å²) in [5.41, 5.74) is 1.34. The zero-order valence-electron chi connectivity index (χ0n) is 10.6. The quantitative estimate of drug-likeness (QED) is 0.678. The third kappa shape index (κ3) is 4.67. The Morgan fingerprint density at radius 1 is 1.06 bits per heavy atom. The molecule has 90 valence electrons. The molecule has 1 aromatic carbocycles. The van der Waals surface area contributed by atoms with E-state index in [0.29, 0.717) is 0 Å². The lowest BCUT2D eigenvalue weighted by Gasteiger charge is -2.23. The Hall–Kier alpha value is -1.02. The van der Waals surface area contributed by atoms with Crippen molar-refractivity contribution < 1.29 is 0 Å². The first kappa shape index (κ1) is 13.0. The monoisotopic (exact) mass is 220 g/mol. The Bertz CT molecular complexity index is 259. The number of hydrogen-bond acceptors (Lipinski definition) is 2. The maximum Gasteiger partial charge on any atom is 0.0366 e. The van der Waals surface area contributed by atoms with Gasteiger partial charge in [-0.15, -0.1) is 0 Å². The summed E-state index contributed by atoms with van der Waals surface area (Å²) in [7, 11) is 0. The Labute approximate surface area is 99.7 Å². The van der Waals surface area contributed by atoms with E-state index in [1.54, 1.807) is 0 Å². The molecule has 1 N–H and O–H groups in total. The van der Waals surface area contributed by atoms with Gasteiger partial charge in [0.15, 0.2) is 0 Å². The summed E-state index contributed by atoms with van der Waals surface area (Å²) in [6.45, 7) is 8.84. The second kappa shape index (κ2) is 8.17. The van der Waals surface area contributed by atoms with Crippen molar-refractivity contribution in [2.75, 3.05) is 31.1 Å². The van der Waals surface area contributed by atoms with Crippen LogP contribution in [0.15, 0.2) is 30.3 Å². The van der Waals surface area contributed by atoms with E-state index in [-0.39, 0.29) is 0 Å². The minimum atomic E-state index is 1.08. The van der Waals surface area contributed by atoms with Crippen molar-refractivity contribution in [1.29, 1.82) is 0 Å². The first-order valence-corrected chi connectivity index (χ1v) is 6.39. The molecule has 2 heteroatoms. The molecule has 0 spiro atoms. The lowest BCUT2D eigenvalue weighted by molar-refractivity contribution is 0.630. The van der Waals surface area contributed by atoms with Crippen molar-refractivity contribution in [3.05, 3.63) is 30.3 Å². The highest BCUT2D eigenvalue weighted by Crippen LogP contribution is 2.13. The number of anilines is 1. The van der Waals surface area contributed by atoms with Crippen LogP contribution in [0.3, 0.4) is 0 Å². The molecule has 0 fully saturated rings. The molecule has 0 aliphatic heterocycles. The van der Waals surface area contributed by atoms with Crippen molar-refractivity contribution in [3.8, 4) is 0 Å². The first-order chi connectivity index (χ1) is 7.88. The van der Waals surface area contributed by atoms with E-state index in [0.717, 1.165) is 26.2 Å². The molecule has 0 heterocycles. The van der Waals surface area contributed by atoms with Crippen LogP contribution in [-0.2, 0) is 0 Å². The summed E-state index contributed by atoms with van der Waals surface area (Å²) in [4.78, 5) is 2.44. The SMILES string of the molecule is CCNCCCCN(CC)c1ccccc1. The molecule has 0 atom stereocenters. The fourth-order valence-electron chi connectivity index (χ4n) is 1.84. The number of nitrogens with zero attached hydrogens (tertiary/aromatic N) is 1. The fraction of sp³-hybridized carbons (Fsp3) is 0.571.